The van der Waals surface area contributed by atoms with Crippen molar-refractivity contribution in [3.05, 3.63) is 53.9 Å². The van der Waals surface area contributed by atoms with Crippen molar-refractivity contribution >= 4 is 57.2 Å². The highest BCUT2D eigenvalue weighted by Gasteiger charge is 2.19. The van der Waals surface area contributed by atoms with E-state index in [1.165, 1.54) is 11.3 Å². The lowest BCUT2D eigenvalue weighted by atomic mass is 9.94. The molecule has 0 aliphatic heterocycles. The predicted octanol–water partition coefficient (Wildman–Crippen LogP) is 4.63. The first-order valence-corrected chi connectivity index (χ1v) is 10.9. The third-order valence-electron chi connectivity index (χ3n) is 3.75. The van der Waals surface area contributed by atoms with Crippen molar-refractivity contribution < 1.29 is 9.21 Å². The summed E-state index contributed by atoms with van der Waals surface area (Å²) in [6, 6.07) is 6.85. The number of benzene rings is 1. The van der Waals surface area contributed by atoms with Gasteiger partial charge in [-0.3, -0.25) is 10.1 Å². The molecule has 0 unspecified atom stereocenters. The van der Waals surface area contributed by atoms with Gasteiger partial charge < -0.3 is 15.5 Å². The molecule has 2 aromatic heterocycles. The van der Waals surface area contributed by atoms with Gasteiger partial charge in [-0.15, -0.1) is 11.8 Å². The van der Waals surface area contributed by atoms with Crippen LogP contribution in [0.1, 0.15) is 42.8 Å². The van der Waals surface area contributed by atoms with Crippen molar-refractivity contribution in [2.24, 2.45) is 5.73 Å². The molecular weight excluding hydrogens is 426 g/mol. The van der Waals surface area contributed by atoms with Gasteiger partial charge in [-0.2, -0.15) is 0 Å². The molecule has 7 nitrogen and oxygen atoms in total. The fraction of sp³-hybridized carbons (Fsp3) is 0.263. The number of thiazole rings is 1. The van der Waals surface area contributed by atoms with Gasteiger partial charge in [-0.05, 0) is 36.5 Å². The lowest BCUT2D eigenvalue weighted by Crippen LogP contribution is -2.19. The first-order valence-electron chi connectivity index (χ1n) is 8.72. The Kier molecular flexibility index (Phi) is 6.56. The minimum absolute atomic E-state index is 0.0671. The normalized spacial score (nSPS) is 11.3. The number of thiocarbonyl (C=S) groups is 1. The fourth-order valence-electron chi connectivity index (χ4n) is 2.26. The zero-order chi connectivity index (χ0) is 21.0. The van der Waals surface area contributed by atoms with Gasteiger partial charge in [0.2, 0.25) is 5.89 Å². The second-order valence-electron chi connectivity index (χ2n) is 7.16. The van der Waals surface area contributed by atoms with E-state index in [1.807, 2.05) is 0 Å². The molecule has 0 atom stereocenters. The molecule has 0 fully saturated rings. The zero-order valence-corrected chi connectivity index (χ0v) is 18.6. The number of anilines is 2. The van der Waals surface area contributed by atoms with Gasteiger partial charge in [0.15, 0.2) is 10.2 Å². The summed E-state index contributed by atoms with van der Waals surface area (Å²) in [5.41, 5.74) is 6.60. The molecule has 0 radical (unpaired) electrons. The molecule has 3 aromatic rings. The lowest BCUT2D eigenvalue weighted by Gasteiger charge is -2.12. The van der Waals surface area contributed by atoms with Gasteiger partial charge in [0, 0.05) is 16.7 Å². The van der Waals surface area contributed by atoms with E-state index in [2.05, 4.69) is 41.4 Å². The van der Waals surface area contributed by atoms with Crippen LogP contribution in [-0.2, 0) is 11.2 Å². The van der Waals surface area contributed by atoms with E-state index in [-0.39, 0.29) is 16.4 Å². The molecule has 0 aliphatic rings. The summed E-state index contributed by atoms with van der Waals surface area (Å²) < 4.78 is 6.76. The van der Waals surface area contributed by atoms with E-state index in [0.717, 1.165) is 15.7 Å². The quantitative estimate of drug-likeness (QED) is 0.371. The molecule has 0 saturated heterocycles. The Morgan fingerprint density at radius 2 is 1.93 bits per heavy atom. The van der Waals surface area contributed by atoms with E-state index in [1.54, 1.807) is 48.4 Å². The highest BCUT2D eigenvalue weighted by Crippen LogP contribution is 2.32. The summed E-state index contributed by atoms with van der Waals surface area (Å²) in [5.74, 6) is 1.90. The van der Waals surface area contributed by atoms with Crippen LogP contribution < -0.4 is 16.4 Å². The second kappa shape index (κ2) is 8.93. The number of nitrogens with one attached hydrogen (secondary N) is 2. The number of carbonyl (C=O) groups is 1. The van der Waals surface area contributed by atoms with Crippen molar-refractivity contribution in [1.29, 1.82) is 0 Å². The highest BCUT2D eigenvalue weighted by molar-refractivity contribution is 8.00. The summed E-state index contributed by atoms with van der Waals surface area (Å²) in [5, 5.41) is 6.33. The zero-order valence-electron chi connectivity index (χ0n) is 16.2. The lowest BCUT2D eigenvalue weighted by molar-refractivity contribution is 0.102. The van der Waals surface area contributed by atoms with Crippen LogP contribution >= 0.6 is 35.3 Å². The van der Waals surface area contributed by atoms with Crippen LogP contribution in [-0.4, -0.2) is 21.0 Å². The van der Waals surface area contributed by atoms with Crippen LogP contribution in [0.3, 0.4) is 0 Å². The molecule has 4 N–H and O–H groups in total. The largest absolute Gasteiger partial charge is 0.444 e. The van der Waals surface area contributed by atoms with Crippen molar-refractivity contribution in [2.45, 2.75) is 36.1 Å². The average Bonchev–Trinajstić information content (AvgIpc) is 3.29. The van der Waals surface area contributed by atoms with Gasteiger partial charge in [0.05, 0.1) is 22.4 Å². The van der Waals surface area contributed by atoms with E-state index >= 15 is 0 Å². The van der Waals surface area contributed by atoms with Gasteiger partial charge in [-0.25, -0.2) is 9.97 Å². The minimum atomic E-state index is -0.236. The topological polar surface area (TPSA) is 106 Å². The molecule has 1 amide bonds. The first kappa shape index (κ1) is 21.3. The summed E-state index contributed by atoms with van der Waals surface area (Å²) in [7, 11) is 0. The van der Waals surface area contributed by atoms with Crippen molar-refractivity contribution in [3.8, 4) is 0 Å². The average molecular weight is 448 g/mol. The first-order chi connectivity index (χ1) is 13.7. The van der Waals surface area contributed by atoms with Crippen LogP contribution in [0.4, 0.5) is 10.8 Å². The number of rotatable bonds is 6. The van der Waals surface area contributed by atoms with Crippen LogP contribution in [0.15, 0.2) is 45.3 Å². The van der Waals surface area contributed by atoms with Gasteiger partial charge in [0.25, 0.3) is 5.91 Å². The molecule has 2 heterocycles. The summed E-state index contributed by atoms with van der Waals surface area (Å²) in [4.78, 5) is 21.0. The Morgan fingerprint density at radius 3 is 2.55 bits per heavy atom. The van der Waals surface area contributed by atoms with Crippen LogP contribution in [0.2, 0.25) is 0 Å². The number of hydrogen-bond acceptors (Lipinski definition) is 7. The Balaban J connectivity index is 1.55. The second-order valence-corrected chi connectivity index (χ2v) is 9.91. The molecule has 10 heteroatoms. The maximum atomic E-state index is 12.4. The Labute approximate surface area is 182 Å². The Hall–Kier alpha value is -2.43. The van der Waals surface area contributed by atoms with Gasteiger partial charge in [-0.1, -0.05) is 32.1 Å². The number of oxazole rings is 1. The van der Waals surface area contributed by atoms with Crippen molar-refractivity contribution in [1.82, 2.24) is 9.97 Å². The van der Waals surface area contributed by atoms with Crippen molar-refractivity contribution in [3.63, 3.8) is 0 Å². The van der Waals surface area contributed by atoms with Crippen LogP contribution in [0.25, 0.3) is 0 Å². The SMILES string of the molecule is CC(C)(C)c1cnc(CSc2cnc(NC(=O)c3ccc(NC(N)=S)cc3)s2)o1. The molecule has 1 aromatic carbocycles. The Bertz CT molecular complexity index is 1010. The highest BCUT2D eigenvalue weighted by atomic mass is 32.2. The van der Waals surface area contributed by atoms with Crippen LogP contribution in [0, 0.1) is 0 Å². The maximum Gasteiger partial charge on any atom is 0.257 e. The molecule has 0 saturated carbocycles. The third-order valence-corrected chi connectivity index (χ3v) is 5.94. The molecule has 0 aliphatic carbocycles. The van der Waals surface area contributed by atoms with Crippen molar-refractivity contribution in [2.75, 3.05) is 10.6 Å². The van der Waals surface area contributed by atoms with E-state index in [0.29, 0.717) is 22.3 Å². The third kappa shape index (κ3) is 6.02. The summed E-state index contributed by atoms with van der Waals surface area (Å²) >= 11 is 7.76. The number of nitrogens with zero attached hydrogens (tertiary/aromatic N) is 2. The van der Waals surface area contributed by atoms with E-state index in [9.17, 15) is 4.79 Å². The van der Waals surface area contributed by atoms with E-state index in [4.69, 9.17) is 22.4 Å². The summed E-state index contributed by atoms with van der Waals surface area (Å²) in [6.07, 6.45) is 3.50. The van der Waals surface area contributed by atoms with Gasteiger partial charge in [0.1, 0.15) is 5.76 Å². The standard InChI is InChI=1S/C19H21N5O2S3/c1-19(2,3)13-8-21-14(26-13)10-28-15-9-22-18(29-15)24-16(25)11-4-6-12(7-5-11)23-17(20)27/h4-9H,10H2,1-3H3,(H3,20,23,27)(H,22,24,25). The number of hydrogen-bond donors (Lipinski definition) is 3. The molecule has 152 valence electrons. The Morgan fingerprint density at radius 1 is 1.21 bits per heavy atom. The fourth-order valence-corrected chi connectivity index (χ4v) is 4.10. The molecule has 0 spiro atoms. The predicted molar refractivity (Wildman–Crippen MR) is 122 cm³/mol. The molecule has 3 rings (SSSR count). The molecular formula is C19H21N5O2S3. The number of thioether (sulfide) groups is 1. The number of aromatic nitrogens is 2. The monoisotopic (exact) mass is 447 g/mol. The smallest absolute Gasteiger partial charge is 0.257 e. The van der Waals surface area contributed by atoms with Gasteiger partial charge >= 0.3 is 0 Å². The molecule has 0 bridgehead atoms. The van der Waals surface area contributed by atoms with E-state index < -0.39 is 0 Å². The summed E-state index contributed by atoms with van der Waals surface area (Å²) in [6.45, 7) is 6.25. The van der Waals surface area contributed by atoms with Crippen LogP contribution in [0.5, 0.6) is 0 Å². The number of carbonyl (C=O) groups excluding carboxylic acids is 1. The maximum absolute atomic E-state index is 12.4. The molecule has 29 heavy (non-hydrogen) atoms. The number of nitrogens with two attached hydrogens (primary N) is 1. The minimum Gasteiger partial charge on any atom is -0.444 e. The number of amides is 1.